The van der Waals surface area contributed by atoms with Gasteiger partial charge in [0.15, 0.2) is 0 Å². The van der Waals surface area contributed by atoms with Gasteiger partial charge in [-0.2, -0.15) is 19.3 Å². The van der Waals surface area contributed by atoms with Gasteiger partial charge in [-0.25, -0.2) is 4.39 Å². The van der Waals surface area contributed by atoms with Gasteiger partial charge in [0, 0.05) is 12.3 Å². The Bertz CT molecular complexity index is 728. The predicted molar refractivity (Wildman–Crippen MR) is 72.1 cm³/mol. The van der Waals surface area contributed by atoms with Crippen molar-refractivity contribution in [3.05, 3.63) is 34.4 Å². The first-order valence-corrected chi connectivity index (χ1v) is 6.35. The molecule has 0 aliphatic carbocycles. The average Bonchev–Trinajstić information content (AvgIpc) is 2.98. The number of hydrogen-bond donors (Lipinski definition) is 2. The maximum absolute atomic E-state index is 13.8. The van der Waals surface area contributed by atoms with E-state index in [1.165, 1.54) is 6.07 Å². The Morgan fingerprint density at radius 3 is 2.86 bits per heavy atom. The molecule has 2 aromatic rings. The number of aromatic nitrogens is 4. The number of halogens is 4. The smallest absolute Gasteiger partial charge is 0.387 e. The van der Waals surface area contributed by atoms with E-state index in [1.807, 2.05) is 0 Å². The number of H-pyrrole nitrogens is 1. The van der Waals surface area contributed by atoms with Crippen LogP contribution >= 0.6 is 15.9 Å². The van der Waals surface area contributed by atoms with Crippen LogP contribution in [0.5, 0.6) is 5.75 Å². The fourth-order valence-electron chi connectivity index (χ4n) is 1.40. The molecule has 0 aliphatic heterocycles. The van der Waals surface area contributed by atoms with Crippen LogP contribution in [0.1, 0.15) is 5.82 Å². The maximum Gasteiger partial charge on any atom is 0.387 e. The van der Waals surface area contributed by atoms with Crippen LogP contribution in [0.4, 0.5) is 18.9 Å². The van der Waals surface area contributed by atoms with E-state index in [0.717, 1.165) is 12.3 Å². The summed E-state index contributed by atoms with van der Waals surface area (Å²) in [7, 11) is 0. The number of allylic oxidation sites excluding steroid dienone is 1. The summed E-state index contributed by atoms with van der Waals surface area (Å²) in [6.45, 7) is -3.07. The monoisotopic (exact) mass is 374 g/mol. The molecule has 0 saturated carbocycles. The Morgan fingerprint density at radius 2 is 2.27 bits per heavy atom. The second-order valence-corrected chi connectivity index (χ2v) is 4.54. The molecule has 0 aliphatic rings. The minimum Gasteiger partial charge on any atom is -0.434 e. The predicted octanol–water partition coefficient (Wildman–Crippen LogP) is 2.68. The minimum absolute atomic E-state index is 0.00261. The number of hydrogen-bond acceptors (Lipinski definition) is 6. The van der Waals surface area contributed by atoms with Crippen LogP contribution < -0.4 is 10.1 Å². The number of benzene rings is 1. The van der Waals surface area contributed by atoms with Gasteiger partial charge in [-0.15, -0.1) is 10.2 Å². The van der Waals surface area contributed by atoms with E-state index in [0.29, 0.717) is 0 Å². The van der Waals surface area contributed by atoms with E-state index in [9.17, 15) is 13.2 Å². The van der Waals surface area contributed by atoms with Crippen LogP contribution in [-0.4, -0.2) is 27.2 Å². The Hall–Kier alpha value is -2.61. The quantitative estimate of drug-likeness (QED) is 0.780. The van der Waals surface area contributed by atoms with Crippen LogP contribution in [0.2, 0.25) is 0 Å². The molecule has 0 unspecified atom stereocenters. The lowest BCUT2D eigenvalue weighted by Crippen LogP contribution is -2.04. The van der Waals surface area contributed by atoms with Crippen molar-refractivity contribution in [3.8, 4) is 11.8 Å². The third kappa shape index (κ3) is 3.73. The minimum atomic E-state index is -3.07. The van der Waals surface area contributed by atoms with Gasteiger partial charge in [0.25, 0.3) is 0 Å². The molecular weight excluding hydrogens is 369 g/mol. The lowest BCUT2D eigenvalue weighted by atomic mass is 10.2. The van der Waals surface area contributed by atoms with Gasteiger partial charge in [-0.05, 0) is 27.2 Å². The fourth-order valence-corrected chi connectivity index (χ4v) is 1.83. The third-order valence-corrected chi connectivity index (χ3v) is 2.94. The first-order chi connectivity index (χ1) is 10.5. The SMILES string of the molecule is N#CC(=CNc1cc(Br)c(OC(F)F)cc1F)c1nn[nH]n1. The van der Waals surface area contributed by atoms with E-state index in [2.05, 4.69) is 46.6 Å². The molecule has 2 N–H and O–H groups in total. The Morgan fingerprint density at radius 1 is 1.50 bits per heavy atom. The van der Waals surface area contributed by atoms with Crippen molar-refractivity contribution in [2.24, 2.45) is 0 Å². The topological polar surface area (TPSA) is 99.5 Å². The number of alkyl halides is 2. The van der Waals surface area contributed by atoms with Crippen LogP contribution in [0, 0.1) is 17.1 Å². The number of nitrogens with zero attached hydrogens (tertiary/aromatic N) is 4. The summed E-state index contributed by atoms with van der Waals surface area (Å²) in [6.07, 6.45) is 1.16. The zero-order chi connectivity index (χ0) is 16.1. The molecular formula is C11H6BrF3N6O. The summed E-state index contributed by atoms with van der Waals surface area (Å²) >= 11 is 2.98. The highest BCUT2D eigenvalue weighted by molar-refractivity contribution is 9.10. The normalized spacial score (nSPS) is 11.4. The molecule has 114 valence electrons. The summed E-state index contributed by atoms with van der Waals surface area (Å²) in [5, 5.41) is 24.1. The van der Waals surface area contributed by atoms with Crippen LogP contribution in [0.15, 0.2) is 22.8 Å². The van der Waals surface area contributed by atoms with Crippen LogP contribution in [0.3, 0.4) is 0 Å². The molecule has 1 heterocycles. The number of aromatic amines is 1. The van der Waals surface area contributed by atoms with E-state index < -0.39 is 12.4 Å². The average molecular weight is 375 g/mol. The zero-order valence-electron chi connectivity index (χ0n) is 10.5. The fraction of sp³-hybridized carbons (Fsp3) is 0.0909. The summed E-state index contributed by atoms with van der Waals surface area (Å²) in [5.74, 6) is -1.17. The van der Waals surface area contributed by atoms with Crippen molar-refractivity contribution in [1.29, 1.82) is 5.26 Å². The third-order valence-electron chi connectivity index (χ3n) is 2.32. The molecule has 0 spiro atoms. The van der Waals surface area contributed by atoms with Crippen molar-refractivity contribution < 1.29 is 17.9 Å². The van der Waals surface area contributed by atoms with Crippen molar-refractivity contribution in [2.75, 3.05) is 5.32 Å². The van der Waals surface area contributed by atoms with Crippen LogP contribution in [0.25, 0.3) is 5.57 Å². The second kappa shape index (κ2) is 6.90. The second-order valence-electron chi connectivity index (χ2n) is 3.69. The molecule has 0 saturated heterocycles. The number of nitrogens with one attached hydrogen (secondary N) is 2. The van der Waals surface area contributed by atoms with Crippen molar-refractivity contribution >= 4 is 27.2 Å². The van der Waals surface area contributed by atoms with E-state index >= 15 is 0 Å². The Balaban J connectivity index is 2.23. The number of tetrazole rings is 1. The number of rotatable bonds is 5. The highest BCUT2D eigenvalue weighted by Crippen LogP contribution is 2.32. The Kier molecular flexibility index (Phi) is 4.95. The van der Waals surface area contributed by atoms with Gasteiger partial charge in [-0.3, -0.25) is 0 Å². The lowest BCUT2D eigenvalue weighted by molar-refractivity contribution is -0.0504. The molecule has 1 aromatic carbocycles. The molecule has 1 aromatic heterocycles. The largest absolute Gasteiger partial charge is 0.434 e. The highest BCUT2D eigenvalue weighted by Gasteiger charge is 2.13. The summed E-state index contributed by atoms with van der Waals surface area (Å²) in [5.41, 5.74) is -0.0677. The molecule has 2 rings (SSSR count). The molecule has 11 heteroatoms. The van der Waals surface area contributed by atoms with Crippen LogP contribution in [-0.2, 0) is 0 Å². The van der Waals surface area contributed by atoms with Gasteiger partial charge in [0.2, 0.25) is 5.82 Å². The lowest BCUT2D eigenvalue weighted by Gasteiger charge is -2.10. The van der Waals surface area contributed by atoms with Gasteiger partial charge in [0.1, 0.15) is 23.2 Å². The standard InChI is InChI=1S/C11H6BrF3N6O/c12-6-1-8(7(13)2-9(6)22-11(14)15)17-4-5(3-16)10-18-20-21-19-10/h1-2,4,11,17H,(H,18,19,20,21). The van der Waals surface area contributed by atoms with E-state index in [1.54, 1.807) is 6.07 Å². The maximum atomic E-state index is 13.8. The van der Waals surface area contributed by atoms with E-state index in [-0.39, 0.29) is 27.3 Å². The van der Waals surface area contributed by atoms with Gasteiger partial charge in [0.05, 0.1) is 10.2 Å². The summed E-state index contributed by atoms with van der Waals surface area (Å²) in [4.78, 5) is 0. The van der Waals surface area contributed by atoms with Gasteiger partial charge >= 0.3 is 6.61 Å². The Labute approximate surface area is 129 Å². The molecule has 0 atom stereocenters. The molecule has 0 radical (unpaired) electrons. The van der Waals surface area contributed by atoms with Gasteiger partial charge in [-0.1, -0.05) is 0 Å². The number of ether oxygens (including phenoxy) is 1. The van der Waals surface area contributed by atoms with Crippen molar-refractivity contribution in [2.45, 2.75) is 6.61 Å². The molecule has 0 fully saturated rings. The first-order valence-electron chi connectivity index (χ1n) is 5.55. The highest BCUT2D eigenvalue weighted by atomic mass is 79.9. The molecule has 0 amide bonds. The number of nitriles is 1. The first kappa shape index (κ1) is 15.8. The zero-order valence-corrected chi connectivity index (χ0v) is 12.1. The molecule has 0 bridgehead atoms. The van der Waals surface area contributed by atoms with Crippen molar-refractivity contribution in [3.63, 3.8) is 0 Å². The summed E-state index contributed by atoms with van der Waals surface area (Å²) < 4.78 is 42.3. The van der Waals surface area contributed by atoms with E-state index in [4.69, 9.17) is 5.26 Å². The summed E-state index contributed by atoms with van der Waals surface area (Å²) in [6, 6.07) is 3.78. The molecule has 7 nitrogen and oxygen atoms in total. The number of anilines is 1. The van der Waals surface area contributed by atoms with Crippen molar-refractivity contribution in [1.82, 2.24) is 20.6 Å². The molecule has 22 heavy (non-hydrogen) atoms. The van der Waals surface area contributed by atoms with Gasteiger partial charge < -0.3 is 10.1 Å².